The van der Waals surface area contributed by atoms with Crippen LogP contribution in [-0.2, 0) is 19.6 Å². The van der Waals surface area contributed by atoms with E-state index in [1.54, 1.807) is 0 Å². The van der Waals surface area contributed by atoms with Crippen molar-refractivity contribution in [3.8, 4) is 0 Å². The van der Waals surface area contributed by atoms with Crippen LogP contribution in [-0.4, -0.2) is 82.5 Å². The molecule has 0 spiro atoms. The summed E-state index contributed by atoms with van der Waals surface area (Å²) in [4.78, 5) is 37.5. The van der Waals surface area contributed by atoms with E-state index in [9.17, 15) is 29.7 Å². The van der Waals surface area contributed by atoms with Crippen molar-refractivity contribution in [3.05, 3.63) is 31.5 Å². The van der Waals surface area contributed by atoms with E-state index in [4.69, 9.17) is 15.3 Å². The smallest absolute Gasteiger partial charge is 0.336 e. The molecule has 3 atom stereocenters. The van der Waals surface area contributed by atoms with Crippen molar-refractivity contribution in [1.82, 2.24) is 13.7 Å². The quantitative estimate of drug-likeness (QED) is 0.203. The van der Waals surface area contributed by atoms with Crippen LogP contribution < -0.4 is 17.1 Å². The highest BCUT2D eigenvalue weighted by molar-refractivity contribution is 4.80. The highest BCUT2D eigenvalue weighted by Gasteiger charge is 2.18. The van der Waals surface area contributed by atoms with Gasteiger partial charge in [-0.1, -0.05) is 0 Å². The summed E-state index contributed by atoms with van der Waals surface area (Å²) in [6, 6.07) is 0. The molecule has 0 radical (unpaired) electrons. The number of aliphatic hydroxyl groups excluding tert-OH is 6. The zero-order chi connectivity index (χ0) is 20.6. The number of hydrogen-bond donors (Lipinski definition) is 6. The molecule has 0 aromatic carbocycles. The number of rotatable bonds is 12. The van der Waals surface area contributed by atoms with E-state index in [1.807, 2.05) is 0 Å². The first-order chi connectivity index (χ1) is 12.8. The molecule has 0 fully saturated rings. The summed E-state index contributed by atoms with van der Waals surface area (Å²) < 4.78 is 2.16. The Morgan fingerprint density at radius 1 is 0.556 bits per heavy atom. The van der Waals surface area contributed by atoms with Gasteiger partial charge >= 0.3 is 17.1 Å². The summed E-state index contributed by atoms with van der Waals surface area (Å²) in [7, 11) is 0. The molecule has 1 aromatic heterocycles. The van der Waals surface area contributed by atoms with Crippen LogP contribution >= 0.6 is 0 Å². The second-order valence-corrected chi connectivity index (χ2v) is 6.18. The first-order valence-corrected chi connectivity index (χ1v) is 8.58. The number of hydrogen-bond acceptors (Lipinski definition) is 9. The van der Waals surface area contributed by atoms with Gasteiger partial charge in [0.15, 0.2) is 0 Å². The molecule has 1 aromatic rings. The topological polar surface area (TPSA) is 187 Å². The molecular weight excluding hydrogens is 366 g/mol. The molecule has 0 aliphatic heterocycles. The van der Waals surface area contributed by atoms with Gasteiger partial charge in [-0.25, -0.2) is 28.1 Å². The minimum atomic E-state index is -1.16. The predicted octanol–water partition coefficient (Wildman–Crippen LogP) is -4.60. The third-order valence-electron chi connectivity index (χ3n) is 4.08. The van der Waals surface area contributed by atoms with Crippen molar-refractivity contribution in [2.24, 2.45) is 0 Å². The largest absolute Gasteiger partial charge is 0.394 e. The molecule has 0 saturated carbocycles. The summed E-state index contributed by atoms with van der Waals surface area (Å²) in [5, 5.41) is 54.9. The summed E-state index contributed by atoms with van der Waals surface area (Å²) in [6.45, 7) is -2.46. The van der Waals surface area contributed by atoms with Crippen molar-refractivity contribution >= 4 is 0 Å². The Morgan fingerprint density at radius 2 is 0.778 bits per heavy atom. The Hall–Kier alpha value is -1.83. The first-order valence-electron chi connectivity index (χ1n) is 8.58. The Morgan fingerprint density at radius 3 is 0.963 bits per heavy atom. The van der Waals surface area contributed by atoms with E-state index >= 15 is 0 Å². The molecule has 0 aliphatic rings. The molecule has 1 heterocycles. The molecular formula is C15H27N3O9. The molecule has 1 rings (SSSR count). The summed E-state index contributed by atoms with van der Waals surface area (Å²) in [5.74, 6) is 0. The van der Waals surface area contributed by atoms with Crippen molar-refractivity contribution in [2.45, 2.75) is 57.2 Å². The van der Waals surface area contributed by atoms with Gasteiger partial charge in [-0.3, -0.25) is 0 Å². The maximum atomic E-state index is 12.5. The van der Waals surface area contributed by atoms with E-state index in [-0.39, 0.29) is 38.9 Å². The molecule has 156 valence electrons. The lowest BCUT2D eigenvalue weighted by Crippen LogP contribution is -2.55. The second-order valence-electron chi connectivity index (χ2n) is 6.18. The molecule has 6 N–H and O–H groups in total. The Bertz CT molecular complexity index is 624. The number of aliphatic hydroxyl groups is 6. The summed E-state index contributed by atoms with van der Waals surface area (Å²) >= 11 is 0. The van der Waals surface area contributed by atoms with Gasteiger partial charge in [-0.2, -0.15) is 0 Å². The van der Waals surface area contributed by atoms with Gasteiger partial charge in [0.05, 0.1) is 38.1 Å². The molecule has 12 nitrogen and oxygen atoms in total. The lowest BCUT2D eigenvalue weighted by atomic mass is 10.2. The first kappa shape index (κ1) is 23.2. The monoisotopic (exact) mass is 393 g/mol. The summed E-state index contributed by atoms with van der Waals surface area (Å²) in [6.07, 6.45) is -3.79. The van der Waals surface area contributed by atoms with Crippen molar-refractivity contribution in [1.29, 1.82) is 0 Å². The highest BCUT2D eigenvalue weighted by atomic mass is 16.3. The average Bonchev–Trinajstić information content (AvgIpc) is 2.66. The normalized spacial score (nSPS) is 14.9. The molecule has 27 heavy (non-hydrogen) atoms. The predicted molar refractivity (Wildman–Crippen MR) is 92.4 cm³/mol. The van der Waals surface area contributed by atoms with Gasteiger partial charge in [0.25, 0.3) is 0 Å². The third-order valence-corrected chi connectivity index (χ3v) is 4.08. The van der Waals surface area contributed by atoms with Crippen LogP contribution in [0.3, 0.4) is 0 Å². The van der Waals surface area contributed by atoms with Crippen LogP contribution in [0.2, 0.25) is 0 Å². The van der Waals surface area contributed by atoms with Gasteiger partial charge in [0.2, 0.25) is 0 Å². The molecule has 12 heteroatoms. The maximum Gasteiger partial charge on any atom is 0.336 e. The zero-order valence-electron chi connectivity index (χ0n) is 14.8. The van der Waals surface area contributed by atoms with Crippen LogP contribution in [0.1, 0.15) is 19.3 Å². The molecule has 3 unspecified atom stereocenters. The van der Waals surface area contributed by atoms with Gasteiger partial charge in [0.1, 0.15) is 0 Å². The van der Waals surface area contributed by atoms with Gasteiger partial charge in [-0.05, 0) is 19.3 Å². The van der Waals surface area contributed by atoms with E-state index < -0.39 is 55.2 Å². The number of nitrogens with zero attached hydrogens (tertiary/aromatic N) is 3. The zero-order valence-corrected chi connectivity index (χ0v) is 14.8. The Labute approximate surface area is 153 Å². The summed E-state index contributed by atoms with van der Waals surface area (Å²) in [5.41, 5.74) is -2.84. The maximum absolute atomic E-state index is 12.5. The van der Waals surface area contributed by atoms with Crippen LogP contribution in [0.5, 0.6) is 0 Å². The molecule has 0 bridgehead atoms. The molecule has 0 amide bonds. The van der Waals surface area contributed by atoms with Gasteiger partial charge in [-0.15, -0.1) is 0 Å². The van der Waals surface area contributed by atoms with Gasteiger partial charge < -0.3 is 30.6 Å². The standard InChI is InChI=1S/C15H27N3O9/c19-7-10(22)1-4-16-13(25)17(5-2-11(23)8-20)15(27)18(14(16)26)6-3-12(24)9-21/h10-12,19-24H,1-9H2. The van der Waals surface area contributed by atoms with Crippen molar-refractivity contribution in [3.63, 3.8) is 0 Å². The SMILES string of the molecule is O=c1n(CCC(O)CO)c(=O)n(CCC(O)CO)c(=O)n1CCC(O)CO. The fourth-order valence-electron chi connectivity index (χ4n) is 2.36. The minimum Gasteiger partial charge on any atom is -0.394 e. The van der Waals surface area contributed by atoms with Crippen LogP contribution in [0.15, 0.2) is 14.4 Å². The lowest BCUT2D eigenvalue weighted by molar-refractivity contribution is 0.0796. The average molecular weight is 393 g/mol. The Balaban J connectivity index is 3.32. The van der Waals surface area contributed by atoms with Gasteiger partial charge in [0, 0.05) is 19.6 Å². The highest BCUT2D eigenvalue weighted by Crippen LogP contribution is 1.95. The van der Waals surface area contributed by atoms with E-state index in [0.29, 0.717) is 0 Å². The third kappa shape index (κ3) is 6.37. The Kier molecular flexibility index (Phi) is 9.55. The van der Waals surface area contributed by atoms with Crippen molar-refractivity contribution in [2.75, 3.05) is 19.8 Å². The van der Waals surface area contributed by atoms with Crippen LogP contribution in [0, 0.1) is 0 Å². The molecule has 0 aliphatic carbocycles. The van der Waals surface area contributed by atoms with E-state index in [2.05, 4.69) is 0 Å². The van der Waals surface area contributed by atoms with E-state index in [1.165, 1.54) is 0 Å². The van der Waals surface area contributed by atoms with Crippen LogP contribution in [0.4, 0.5) is 0 Å². The number of aromatic nitrogens is 3. The molecule has 0 saturated heterocycles. The minimum absolute atomic E-state index is 0.109. The van der Waals surface area contributed by atoms with Crippen molar-refractivity contribution < 1.29 is 30.6 Å². The fraction of sp³-hybridized carbons (Fsp3) is 0.800. The second kappa shape index (κ2) is 11.1. The van der Waals surface area contributed by atoms with Crippen LogP contribution in [0.25, 0.3) is 0 Å². The van der Waals surface area contributed by atoms with E-state index in [0.717, 1.165) is 13.7 Å². The lowest BCUT2D eigenvalue weighted by Gasteiger charge is -2.16. The fourth-order valence-corrected chi connectivity index (χ4v) is 2.36.